The lowest BCUT2D eigenvalue weighted by atomic mass is 9.64. The van der Waals surface area contributed by atoms with E-state index in [1.54, 1.807) is 0 Å². The van der Waals surface area contributed by atoms with Crippen LogP contribution in [-0.2, 0) is 4.74 Å². The van der Waals surface area contributed by atoms with Crippen molar-refractivity contribution in [2.24, 2.45) is 5.41 Å². The van der Waals surface area contributed by atoms with Crippen molar-refractivity contribution in [3.05, 3.63) is 29.3 Å². The standard InChI is InChI=1S/C14H20ClNO/c1-4-17-13-9-12(14(13,2)3)16-11-8-6-5-7-10(11)15/h5-8,12-13,16H,4,9H2,1-3H3. The number of para-hydroxylation sites is 1. The third-order valence-corrected chi connectivity index (χ3v) is 4.08. The van der Waals surface area contributed by atoms with Crippen molar-refractivity contribution in [2.45, 2.75) is 39.3 Å². The van der Waals surface area contributed by atoms with E-state index in [-0.39, 0.29) is 5.41 Å². The summed E-state index contributed by atoms with van der Waals surface area (Å²) in [6, 6.07) is 8.31. The quantitative estimate of drug-likeness (QED) is 0.877. The van der Waals surface area contributed by atoms with Crippen molar-refractivity contribution in [2.75, 3.05) is 11.9 Å². The first-order valence-electron chi connectivity index (χ1n) is 6.18. The maximum Gasteiger partial charge on any atom is 0.0665 e. The summed E-state index contributed by atoms with van der Waals surface area (Å²) in [4.78, 5) is 0. The Morgan fingerprint density at radius 1 is 1.41 bits per heavy atom. The van der Waals surface area contributed by atoms with Gasteiger partial charge in [-0.05, 0) is 25.5 Å². The molecule has 1 aliphatic rings. The smallest absolute Gasteiger partial charge is 0.0665 e. The number of nitrogens with one attached hydrogen (secondary N) is 1. The molecule has 17 heavy (non-hydrogen) atoms. The predicted molar refractivity (Wildman–Crippen MR) is 72.7 cm³/mol. The molecule has 1 fully saturated rings. The molecular formula is C14H20ClNO. The lowest BCUT2D eigenvalue weighted by molar-refractivity contribution is -0.0975. The molecule has 2 atom stereocenters. The molecule has 1 saturated carbocycles. The highest BCUT2D eigenvalue weighted by Crippen LogP contribution is 2.44. The minimum absolute atomic E-state index is 0.162. The average molecular weight is 254 g/mol. The first-order valence-corrected chi connectivity index (χ1v) is 6.56. The molecule has 94 valence electrons. The van der Waals surface area contributed by atoms with Crippen molar-refractivity contribution < 1.29 is 4.74 Å². The van der Waals surface area contributed by atoms with Gasteiger partial charge in [-0.3, -0.25) is 0 Å². The molecule has 2 unspecified atom stereocenters. The summed E-state index contributed by atoms with van der Waals surface area (Å²) in [5, 5.41) is 4.29. The molecule has 1 N–H and O–H groups in total. The van der Waals surface area contributed by atoms with E-state index in [4.69, 9.17) is 16.3 Å². The Morgan fingerprint density at radius 3 is 2.71 bits per heavy atom. The molecular weight excluding hydrogens is 234 g/mol. The van der Waals surface area contributed by atoms with Crippen LogP contribution in [0.15, 0.2) is 24.3 Å². The maximum absolute atomic E-state index is 6.15. The van der Waals surface area contributed by atoms with E-state index in [1.165, 1.54) is 0 Å². The zero-order valence-corrected chi connectivity index (χ0v) is 11.4. The van der Waals surface area contributed by atoms with Gasteiger partial charge in [0.2, 0.25) is 0 Å². The van der Waals surface area contributed by atoms with Crippen LogP contribution in [0, 0.1) is 5.41 Å². The van der Waals surface area contributed by atoms with Crippen LogP contribution in [0.1, 0.15) is 27.2 Å². The molecule has 1 aromatic carbocycles. The topological polar surface area (TPSA) is 21.3 Å². The first-order chi connectivity index (χ1) is 8.05. The van der Waals surface area contributed by atoms with E-state index in [9.17, 15) is 0 Å². The van der Waals surface area contributed by atoms with Crippen molar-refractivity contribution in [1.82, 2.24) is 0 Å². The Kier molecular flexibility index (Phi) is 3.64. The van der Waals surface area contributed by atoms with Gasteiger partial charge in [0, 0.05) is 18.1 Å². The fourth-order valence-electron chi connectivity index (χ4n) is 2.38. The largest absolute Gasteiger partial charge is 0.380 e. The van der Waals surface area contributed by atoms with E-state index in [0.717, 1.165) is 23.7 Å². The van der Waals surface area contributed by atoms with Gasteiger partial charge in [0.25, 0.3) is 0 Å². The molecule has 0 aromatic heterocycles. The van der Waals surface area contributed by atoms with Gasteiger partial charge in [0.15, 0.2) is 0 Å². The molecule has 2 rings (SSSR count). The molecule has 2 nitrogen and oxygen atoms in total. The van der Waals surface area contributed by atoms with Crippen LogP contribution >= 0.6 is 11.6 Å². The summed E-state index contributed by atoms with van der Waals surface area (Å²) in [7, 11) is 0. The van der Waals surface area contributed by atoms with Gasteiger partial charge in [-0.25, -0.2) is 0 Å². The fraction of sp³-hybridized carbons (Fsp3) is 0.571. The Balaban J connectivity index is 2.01. The number of rotatable bonds is 4. The van der Waals surface area contributed by atoms with E-state index in [2.05, 4.69) is 19.2 Å². The number of hydrogen-bond donors (Lipinski definition) is 1. The number of anilines is 1. The Morgan fingerprint density at radius 2 is 2.12 bits per heavy atom. The van der Waals surface area contributed by atoms with E-state index in [1.807, 2.05) is 31.2 Å². The molecule has 0 bridgehead atoms. The fourth-order valence-corrected chi connectivity index (χ4v) is 2.57. The Labute approximate surface area is 108 Å². The Bertz CT molecular complexity index is 392. The third kappa shape index (κ3) is 2.43. The molecule has 3 heteroatoms. The van der Waals surface area contributed by atoms with Crippen molar-refractivity contribution >= 4 is 17.3 Å². The van der Waals surface area contributed by atoms with Crippen LogP contribution in [0.4, 0.5) is 5.69 Å². The van der Waals surface area contributed by atoms with E-state index >= 15 is 0 Å². The summed E-state index contributed by atoms with van der Waals surface area (Å²) < 4.78 is 5.72. The van der Waals surface area contributed by atoms with Crippen LogP contribution in [-0.4, -0.2) is 18.8 Å². The summed E-state index contributed by atoms with van der Waals surface area (Å²) >= 11 is 6.15. The van der Waals surface area contributed by atoms with Gasteiger partial charge in [-0.15, -0.1) is 0 Å². The molecule has 0 amide bonds. The lowest BCUT2D eigenvalue weighted by Gasteiger charge is -2.52. The summed E-state index contributed by atoms with van der Waals surface area (Å²) in [5.41, 5.74) is 1.18. The molecule has 0 saturated heterocycles. The van der Waals surface area contributed by atoms with Crippen LogP contribution in [0.2, 0.25) is 5.02 Å². The van der Waals surface area contributed by atoms with Crippen LogP contribution in [0.5, 0.6) is 0 Å². The number of halogens is 1. The van der Waals surface area contributed by atoms with Crippen molar-refractivity contribution in [3.8, 4) is 0 Å². The number of benzene rings is 1. The van der Waals surface area contributed by atoms with Crippen LogP contribution in [0.3, 0.4) is 0 Å². The van der Waals surface area contributed by atoms with Gasteiger partial charge in [0.05, 0.1) is 16.8 Å². The average Bonchev–Trinajstić information content (AvgIpc) is 2.30. The maximum atomic E-state index is 6.15. The minimum Gasteiger partial charge on any atom is -0.380 e. The highest BCUT2D eigenvalue weighted by molar-refractivity contribution is 6.33. The van der Waals surface area contributed by atoms with Crippen LogP contribution in [0.25, 0.3) is 0 Å². The van der Waals surface area contributed by atoms with E-state index < -0.39 is 0 Å². The highest BCUT2D eigenvalue weighted by Gasteiger charge is 2.48. The van der Waals surface area contributed by atoms with Crippen molar-refractivity contribution in [1.29, 1.82) is 0 Å². The lowest BCUT2D eigenvalue weighted by Crippen LogP contribution is -2.58. The molecule has 1 aromatic rings. The van der Waals surface area contributed by atoms with Crippen LogP contribution < -0.4 is 5.32 Å². The highest BCUT2D eigenvalue weighted by atomic mass is 35.5. The third-order valence-electron chi connectivity index (χ3n) is 3.75. The number of hydrogen-bond acceptors (Lipinski definition) is 2. The van der Waals surface area contributed by atoms with Gasteiger partial charge in [-0.2, -0.15) is 0 Å². The molecule has 1 aliphatic carbocycles. The van der Waals surface area contributed by atoms with E-state index in [0.29, 0.717) is 12.1 Å². The van der Waals surface area contributed by atoms with Gasteiger partial charge in [0.1, 0.15) is 0 Å². The predicted octanol–water partition coefficient (Wildman–Crippen LogP) is 3.96. The minimum atomic E-state index is 0.162. The molecule has 0 heterocycles. The SMILES string of the molecule is CCOC1CC(Nc2ccccc2Cl)C1(C)C. The Hall–Kier alpha value is -0.730. The monoisotopic (exact) mass is 253 g/mol. The zero-order chi connectivity index (χ0) is 12.5. The molecule has 0 spiro atoms. The normalized spacial score (nSPS) is 26.4. The van der Waals surface area contributed by atoms with Gasteiger partial charge in [-0.1, -0.05) is 37.6 Å². The summed E-state index contributed by atoms with van der Waals surface area (Å²) in [6.45, 7) is 7.31. The van der Waals surface area contributed by atoms with Gasteiger partial charge >= 0.3 is 0 Å². The molecule has 0 radical (unpaired) electrons. The summed E-state index contributed by atoms with van der Waals surface area (Å²) in [6.07, 6.45) is 1.40. The van der Waals surface area contributed by atoms with Crippen molar-refractivity contribution in [3.63, 3.8) is 0 Å². The van der Waals surface area contributed by atoms with Gasteiger partial charge < -0.3 is 10.1 Å². The number of ether oxygens (including phenoxy) is 1. The second-order valence-corrected chi connectivity index (χ2v) is 5.59. The first kappa shape index (κ1) is 12.7. The zero-order valence-electron chi connectivity index (χ0n) is 10.7. The summed E-state index contributed by atoms with van der Waals surface area (Å²) in [5.74, 6) is 0. The second kappa shape index (κ2) is 4.87. The second-order valence-electron chi connectivity index (χ2n) is 5.18. The molecule has 0 aliphatic heterocycles.